The number of primary amides is 1. The molecule has 1 aromatic rings. The zero-order chi connectivity index (χ0) is 17.9. The van der Waals surface area contributed by atoms with Crippen molar-refractivity contribution in [2.24, 2.45) is 5.73 Å². The quantitative estimate of drug-likeness (QED) is 0.390. The Hall–Kier alpha value is -2.37. The lowest BCUT2D eigenvalue weighted by Crippen LogP contribution is -2.29. The topological polar surface area (TPSA) is 98.5 Å². The standard InChI is InChI=1S/C18H26N2O4/c1-13(2)14-7-9-15(10-8-14)16(21)12-24-17(22)6-4-3-5-11-20-18(19)23/h7-10,13H,3-6,11-12H2,1-2H3,(H3,19,20,23). The molecular formula is C18H26N2O4. The van der Waals surface area contributed by atoms with E-state index in [0.29, 0.717) is 24.4 Å². The van der Waals surface area contributed by atoms with Gasteiger partial charge in [-0.1, -0.05) is 44.5 Å². The highest BCUT2D eigenvalue weighted by Gasteiger charge is 2.10. The summed E-state index contributed by atoms with van der Waals surface area (Å²) in [5.74, 6) is -0.181. The van der Waals surface area contributed by atoms with Crippen molar-refractivity contribution >= 4 is 17.8 Å². The number of carbonyl (C=O) groups is 3. The first-order chi connectivity index (χ1) is 11.4. The van der Waals surface area contributed by atoms with Gasteiger partial charge >= 0.3 is 12.0 Å². The van der Waals surface area contributed by atoms with Crippen LogP contribution in [-0.2, 0) is 9.53 Å². The van der Waals surface area contributed by atoms with Crippen LogP contribution in [0.4, 0.5) is 4.79 Å². The number of nitrogens with one attached hydrogen (secondary N) is 1. The molecule has 2 amide bonds. The molecule has 0 radical (unpaired) electrons. The van der Waals surface area contributed by atoms with Gasteiger partial charge in [0.15, 0.2) is 12.4 Å². The summed E-state index contributed by atoms with van der Waals surface area (Å²) in [7, 11) is 0. The second-order valence-corrected chi connectivity index (χ2v) is 5.96. The van der Waals surface area contributed by atoms with E-state index < -0.39 is 6.03 Å². The van der Waals surface area contributed by atoms with Crippen molar-refractivity contribution < 1.29 is 19.1 Å². The smallest absolute Gasteiger partial charge is 0.312 e. The van der Waals surface area contributed by atoms with Crippen LogP contribution in [0.25, 0.3) is 0 Å². The van der Waals surface area contributed by atoms with Gasteiger partial charge in [0, 0.05) is 18.5 Å². The van der Waals surface area contributed by atoms with Crippen LogP contribution in [0.15, 0.2) is 24.3 Å². The molecule has 0 fully saturated rings. The Bertz CT molecular complexity index is 553. The lowest BCUT2D eigenvalue weighted by Gasteiger charge is -2.07. The first-order valence-electron chi connectivity index (χ1n) is 8.22. The predicted octanol–water partition coefficient (Wildman–Crippen LogP) is 2.76. The normalized spacial score (nSPS) is 10.5. The van der Waals surface area contributed by atoms with Crippen molar-refractivity contribution in [1.29, 1.82) is 0 Å². The number of carbonyl (C=O) groups excluding carboxylic acids is 3. The van der Waals surface area contributed by atoms with Gasteiger partial charge in [0.1, 0.15) is 0 Å². The first kappa shape index (κ1) is 19.7. The molecule has 0 saturated carbocycles. The van der Waals surface area contributed by atoms with Gasteiger partial charge in [-0.15, -0.1) is 0 Å². The van der Waals surface area contributed by atoms with Gasteiger partial charge in [0.2, 0.25) is 0 Å². The van der Waals surface area contributed by atoms with Gasteiger partial charge < -0.3 is 15.8 Å². The van der Waals surface area contributed by atoms with Gasteiger partial charge in [-0.3, -0.25) is 9.59 Å². The minimum atomic E-state index is -0.547. The molecule has 1 aromatic carbocycles. The molecule has 0 aliphatic carbocycles. The van der Waals surface area contributed by atoms with Crippen LogP contribution < -0.4 is 11.1 Å². The number of unbranched alkanes of at least 4 members (excludes halogenated alkanes) is 2. The number of esters is 1. The minimum absolute atomic E-state index is 0.204. The van der Waals surface area contributed by atoms with Crippen molar-refractivity contribution in [2.45, 2.75) is 45.4 Å². The summed E-state index contributed by atoms with van der Waals surface area (Å²) in [6, 6.07) is 6.81. The Morgan fingerprint density at radius 2 is 1.75 bits per heavy atom. The molecule has 0 aliphatic heterocycles. The highest BCUT2D eigenvalue weighted by atomic mass is 16.5. The maximum atomic E-state index is 12.0. The Labute approximate surface area is 142 Å². The van der Waals surface area contributed by atoms with Crippen molar-refractivity contribution in [3.8, 4) is 0 Å². The summed E-state index contributed by atoms with van der Waals surface area (Å²) < 4.78 is 5.00. The number of rotatable bonds is 10. The fourth-order valence-electron chi connectivity index (χ4n) is 2.14. The molecule has 0 atom stereocenters. The zero-order valence-corrected chi connectivity index (χ0v) is 14.3. The van der Waals surface area contributed by atoms with Crippen molar-refractivity contribution in [3.63, 3.8) is 0 Å². The van der Waals surface area contributed by atoms with Crippen LogP contribution in [-0.4, -0.2) is 30.9 Å². The van der Waals surface area contributed by atoms with Crippen LogP contribution in [0.5, 0.6) is 0 Å². The average molecular weight is 334 g/mol. The summed E-state index contributed by atoms with van der Waals surface area (Å²) in [4.78, 5) is 34.0. The fraction of sp³-hybridized carbons (Fsp3) is 0.500. The molecule has 0 heterocycles. The second-order valence-electron chi connectivity index (χ2n) is 5.96. The number of nitrogens with two attached hydrogens (primary N) is 1. The molecule has 132 valence electrons. The average Bonchev–Trinajstić information content (AvgIpc) is 2.55. The van der Waals surface area contributed by atoms with Crippen molar-refractivity contribution in [2.75, 3.05) is 13.2 Å². The Kier molecular flexibility index (Phi) is 8.54. The third kappa shape index (κ3) is 7.76. The van der Waals surface area contributed by atoms with E-state index in [1.165, 1.54) is 0 Å². The molecule has 6 nitrogen and oxygen atoms in total. The summed E-state index contributed by atoms with van der Waals surface area (Å²) in [5, 5.41) is 2.48. The van der Waals surface area contributed by atoms with Crippen LogP contribution in [0.3, 0.4) is 0 Å². The van der Waals surface area contributed by atoms with Gasteiger partial charge in [-0.25, -0.2) is 4.79 Å². The molecule has 6 heteroatoms. The maximum Gasteiger partial charge on any atom is 0.312 e. The van der Waals surface area contributed by atoms with Gasteiger partial charge in [-0.05, 0) is 24.3 Å². The zero-order valence-electron chi connectivity index (χ0n) is 14.3. The van der Waals surface area contributed by atoms with E-state index in [4.69, 9.17) is 10.5 Å². The largest absolute Gasteiger partial charge is 0.457 e. The molecule has 0 unspecified atom stereocenters. The molecule has 0 spiro atoms. The number of Topliss-reactive ketones (excluding diaryl/α,β-unsaturated/α-hetero) is 1. The molecule has 0 bridgehead atoms. The molecule has 0 saturated heterocycles. The number of ketones is 1. The molecular weight excluding hydrogens is 308 g/mol. The van der Waals surface area contributed by atoms with E-state index in [1.54, 1.807) is 12.1 Å². The van der Waals surface area contributed by atoms with E-state index in [-0.39, 0.29) is 24.8 Å². The first-order valence-corrected chi connectivity index (χ1v) is 8.22. The fourth-order valence-corrected chi connectivity index (χ4v) is 2.14. The molecule has 0 aliphatic rings. The lowest BCUT2D eigenvalue weighted by molar-refractivity contribution is -0.142. The Morgan fingerprint density at radius 1 is 1.08 bits per heavy atom. The number of hydrogen-bond donors (Lipinski definition) is 2. The molecule has 3 N–H and O–H groups in total. The van der Waals surface area contributed by atoms with E-state index in [2.05, 4.69) is 19.2 Å². The summed E-state index contributed by atoms with van der Waals surface area (Å²) in [6.45, 7) is 4.43. The number of amides is 2. The Morgan fingerprint density at radius 3 is 2.33 bits per heavy atom. The number of ether oxygens (including phenoxy) is 1. The third-order valence-electron chi connectivity index (χ3n) is 3.62. The van der Waals surface area contributed by atoms with Crippen molar-refractivity contribution in [3.05, 3.63) is 35.4 Å². The molecule has 24 heavy (non-hydrogen) atoms. The van der Waals surface area contributed by atoms with Crippen LogP contribution >= 0.6 is 0 Å². The molecule has 1 rings (SSSR count). The minimum Gasteiger partial charge on any atom is -0.457 e. The predicted molar refractivity (Wildman–Crippen MR) is 91.9 cm³/mol. The summed E-state index contributed by atoms with van der Waals surface area (Å²) in [5.41, 5.74) is 6.65. The van der Waals surface area contributed by atoms with Gasteiger partial charge in [-0.2, -0.15) is 0 Å². The van der Waals surface area contributed by atoms with Gasteiger partial charge in [0.05, 0.1) is 0 Å². The maximum absolute atomic E-state index is 12.0. The second kappa shape index (κ2) is 10.4. The number of hydrogen-bond acceptors (Lipinski definition) is 4. The summed E-state index contributed by atoms with van der Waals surface area (Å²) >= 11 is 0. The van der Waals surface area contributed by atoms with E-state index >= 15 is 0 Å². The number of benzene rings is 1. The highest BCUT2D eigenvalue weighted by Crippen LogP contribution is 2.15. The van der Waals surface area contributed by atoms with Crippen LogP contribution in [0.2, 0.25) is 0 Å². The van der Waals surface area contributed by atoms with Crippen LogP contribution in [0.1, 0.15) is 61.4 Å². The van der Waals surface area contributed by atoms with Crippen LogP contribution in [0, 0.1) is 0 Å². The van der Waals surface area contributed by atoms with Crippen molar-refractivity contribution in [1.82, 2.24) is 5.32 Å². The van der Waals surface area contributed by atoms with E-state index in [9.17, 15) is 14.4 Å². The SMILES string of the molecule is CC(C)c1ccc(C(=O)COC(=O)CCCCCNC(N)=O)cc1. The van der Waals surface area contributed by atoms with E-state index in [1.807, 2.05) is 12.1 Å². The monoisotopic (exact) mass is 334 g/mol. The molecule has 0 aromatic heterocycles. The highest BCUT2D eigenvalue weighted by molar-refractivity contribution is 5.97. The van der Waals surface area contributed by atoms with Gasteiger partial charge in [0.25, 0.3) is 0 Å². The van der Waals surface area contributed by atoms with E-state index in [0.717, 1.165) is 18.4 Å². The lowest BCUT2D eigenvalue weighted by atomic mass is 10.0. The number of urea groups is 1. The Balaban J connectivity index is 2.21. The third-order valence-corrected chi connectivity index (χ3v) is 3.62. The summed E-state index contributed by atoms with van der Waals surface area (Å²) in [6.07, 6.45) is 2.43.